The van der Waals surface area contributed by atoms with Gasteiger partial charge >= 0.3 is 0 Å². The van der Waals surface area contributed by atoms with Gasteiger partial charge in [-0.05, 0) is 45.2 Å². The molecule has 1 aromatic rings. The van der Waals surface area contributed by atoms with Crippen LogP contribution in [0.25, 0.3) is 0 Å². The molecule has 6 heteroatoms. The van der Waals surface area contributed by atoms with Crippen molar-refractivity contribution >= 4 is 0 Å². The molecule has 3 heterocycles. The molecule has 0 aromatic carbocycles. The lowest BCUT2D eigenvalue weighted by molar-refractivity contribution is 0.0348. The second-order valence-corrected chi connectivity index (χ2v) is 8.44. The summed E-state index contributed by atoms with van der Waals surface area (Å²) < 4.78 is 12.9. The maximum atomic E-state index is 5.57. The van der Waals surface area contributed by atoms with E-state index in [0.29, 0.717) is 17.4 Å². The standard InChI is InChI=1S/C20H36N4O2/c1-17(2)24-13-18(11-21-24)12-22-7-5-20(6-8-22)16-23(9-10-25-3)14-19(20)15-26-4/h11,13,17,19H,5-10,12,14-16H2,1-4H3/t19-/m0/s1. The Balaban J connectivity index is 1.56. The summed E-state index contributed by atoms with van der Waals surface area (Å²) in [6.07, 6.45) is 6.76. The number of hydrogen-bond acceptors (Lipinski definition) is 5. The van der Waals surface area contributed by atoms with E-state index < -0.39 is 0 Å². The van der Waals surface area contributed by atoms with Crippen molar-refractivity contribution in [3.05, 3.63) is 18.0 Å². The monoisotopic (exact) mass is 364 g/mol. The summed E-state index contributed by atoms with van der Waals surface area (Å²) in [5.41, 5.74) is 1.75. The fourth-order valence-corrected chi connectivity index (χ4v) is 4.69. The first kappa shape index (κ1) is 19.8. The van der Waals surface area contributed by atoms with Crippen molar-refractivity contribution in [3.8, 4) is 0 Å². The minimum Gasteiger partial charge on any atom is -0.384 e. The van der Waals surface area contributed by atoms with Crippen molar-refractivity contribution in [2.45, 2.75) is 39.3 Å². The van der Waals surface area contributed by atoms with Gasteiger partial charge in [0, 0.05) is 64.1 Å². The minimum atomic E-state index is 0.419. The van der Waals surface area contributed by atoms with Crippen LogP contribution in [0.2, 0.25) is 0 Å². The van der Waals surface area contributed by atoms with Gasteiger partial charge in [-0.3, -0.25) is 9.58 Å². The Hall–Kier alpha value is -0.950. The third kappa shape index (κ3) is 4.47. The first-order chi connectivity index (χ1) is 12.6. The Kier molecular flexibility index (Phi) is 6.72. The summed E-state index contributed by atoms with van der Waals surface area (Å²) in [5.74, 6) is 0.648. The number of likely N-dealkylation sites (tertiary alicyclic amines) is 2. The Bertz CT molecular complexity index is 552. The number of methoxy groups -OCH3 is 2. The lowest BCUT2D eigenvalue weighted by Gasteiger charge is -2.42. The van der Waals surface area contributed by atoms with Gasteiger partial charge in [-0.25, -0.2) is 0 Å². The molecule has 1 aromatic heterocycles. The molecule has 2 aliphatic heterocycles. The van der Waals surface area contributed by atoms with Crippen molar-refractivity contribution in [2.75, 3.05) is 60.2 Å². The van der Waals surface area contributed by atoms with Crippen LogP contribution in [0.15, 0.2) is 12.4 Å². The normalized spacial score (nSPS) is 24.1. The van der Waals surface area contributed by atoms with Gasteiger partial charge in [-0.15, -0.1) is 0 Å². The highest BCUT2D eigenvalue weighted by molar-refractivity contribution is 5.06. The van der Waals surface area contributed by atoms with Crippen LogP contribution in [0.5, 0.6) is 0 Å². The molecule has 26 heavy (non-hydrogen) atoms. The van der Waals surface area contributed by atoms with Crippen LogP contribution < -0.4 is 0 Å². The Labute approximate surface area is 158 Å². The largest absolute Gasteiger partial charge is 0.384 e. The molecule has 0 bridgehead atoms. The topological polar surface area (TPSA) is 42.8 Å². The minimum absolute atomic E-state index is 0.419. The van der Waals surface area contributed by atoms with Gasteiger partial charge in [0.25, 0.3) is 0 Å². The van der Waals surface area contributed by atoms with Crippen molar-refractivity contribution in [1.29, 1.82) is 0 Å². The van der Waals surface area contributed by atoms with Crippen molar-refractivity contribution in [1.82, 2.24) is 19.6 Å². The highest BCUT2D eigenvalue weighted by Crippen LogP contribution is 2.44. The van der Waals surface area contributed by atoms with Crippen molar-refractivity contribution in [2.24, 2.45) is 11.3 Å². The molecule has 3 rings (SSSR count). The quantitative estimate of drug-likeness (QED) is 0.708. The van der Waals surface area contributed by atoms with E-state index in [9.17, 15) is 0 Å². The van der Waals surface area contributed by atoms with E-state index in [0.717, 1.165) is 32.8 Å². The fraction of sp³-hybridized carbons (Fsp3) is 0.850. The van der Waals surface area contributed by atoms with Gasteiger partial charge < -0.3 is 14.4 Å². The van der Waals surface area contributed by atoms with Crippen LogP contribution >= 0.6 is 0 Å². The molecular formula is C20H36N4O2. The predicted molar refractivity (Wildman–Crippen MR) is 103 cm³/mol. The van der Waals surface area contributed by atoms with E-state index in [1.807, 2.05) is 13.3 Å². The van der Waals surface area contributed by atoms with E-state index in [1.165, 1.54) is 38.0 Å². The highest BCUT2D eigenvalue weighted by atomic mass is 16.5. The first-order valence-corrected chi connectivity index (χ1v) is 10.0. The van der Waals surface area contributed by atoms with Crippen molar-refractivity contribution in [3.63, 3.8) is 0 Å². The summed E-state index contributed by atoms with van der Waals surface area (Å²) in [4.78, 5) is 5.17. The van der Waals surface area contributed by atoms with Crippen LogP contribution in [0.4, 0.5) is 0 Å². The molecule has 0 N–H and O–H groups in total. The van der Waals surface area contributed by atoms with E-state index in [4.69, 9.17) is 9.47 Å². The molecule has 2 aliphatic rings. The number of ether oxygens (including phenoxy) is 2. The molecule has 6 nitrogen and oxygen atoms in total. The maximum Gasteiger partial charge on any atom is 0.0589 e. The average Bonchev–Trinajstić information content (AvgIpc) is 3.22. The second kappa shape index (κ2) is 8.83. The predicted octanol–water partition coefficient (Wildman–Crippen LogP) is 2.27. The summed E-state index contributed by atoms with van der Waals surface area (Å²) in [5, 5.41) is 4.48. The Morgan fingerprint density at radius 2 is 1.96 bits per heavy atom. The molecule has 1 atom stereocenters. The summed E-state index contributed by atoms with van der Waals surface area (Å²) in [6, 6.07) is 0.430. The van der Waals surface area contributed by atoms with Crippen LogP contribution in [0.3, 0.4) is 0 Å². The molecule has 0 unspecified atom stereocenters. The molecule has 1 spiro atoms. The molecule has 0 saturated carbocycles. The molecule has 0 aliphatic carbocycles. The third-order valence-electron chi connectivity index (χ3n) is 6.30. The molecular weight excluding hydrogens is 328 g/mol. The Morgan fingerprint density at radius 3 is 2.58 bits per heavy atom. The number of piperidine rings is 1. The zero-order valence-corrected chi connectivity index (χ0v) is 17.0. The van der Waals surface area contributed by atoms with Crippen LogP contribution in [-0.2, 0) is 16.0 Å². The first-order valence-electron chi connectivity index (χ1n) is 10.0. The Morgan fingerprint density at radius 1 is 1.19 bits per heavy atom. The van der Waals surface area contributed by atoms with Crippen LogP contribution in [0, 0.1) is 11.3 Å². The summed E-state index contributed by atoms with van der Waals surface area (Å²) >= 11 is 0. The average molecular weight is 365 g/mol. The van der Waals surface area contributed by atoms with Gasteiger partial charge in [0.05, 0.1) is 19.4 Å². The SMILES string of the molecule is COCCN1C[C@@H](COC)C2(CCN(Cc3cnn(C(C)C)c3)CC2)C1. The van der Waals surface area contributed by atoms with Gasteiger partial charge in [-0.1, -0.05) is 0 Å². The van der Waals surface area contributed by atoms with Gasteiger partial charge in [0.2, 0.25) is 0 Å². The number of rotatable bonds is 8. The van der Waals surface area contributed by atoms with Crippen LogP contribution in [0.1, 0.15) is 38.3 Å². The zero-order valence-electron chi connectivity index (χ0n) is 17.0. The lowest BCUT2D eigenvalue weighted by Crippen LogP contribution is -2.45. The highest BCUT2D eigenvalue weighted by Gasteiger charge is 2.47. The van der Waals surface area contributed by atoms with E-state index >= 15 is 0 Å². The fourth-order valence-electron chi connectivity index (χ4n) is 4.69. The van der Waals surface area contributed by atoms with Gasteiger partial charge in [0.1, 0.15) is 0 Å². The summed E-state index contributed by atoms with van der Waals surface area (Å²) in [6.45, 7) is 12.8. The molecule has 148 valence electrons. The molecule has 2 fully saturated rings. The smallest absolute Gasteiger partial charge is 0.0589 e. The number of aromatic nitrogens is 2. The molecule has 0 amide bonds. The second-order valence-electron chi connectivity index (χ2n) is 8.44. The maximum absolute atomic E-state index is 5.57. The molecule has 0 radical (unpaired) electrons. The summed E-state index contributed by atoms with van der Waals surface area (Å²) in [7, 11) is 3.63. The van der Waals surface area contributed by atoms with Gasteiger partial charge in [-0.2, -0.15) is 5.10 Å². The van der Waals surface area contributed by atoms with Gasteiger partial charge in [0.15, 0.2) is 0 Å². The van der Waals surface area contributed by atoms with E-state index in [2.05, 4.69) is 39.6 Å². The lowest BCUT2D eigenvalue weighted by atomic mass is 9.71. The van der Waals surface area contributed by atoms with Crippen molar-refractivity contribution < 1.29 is 9.47 Å². The third-order valence-corrected chi connectivity index (χ3v) is 6.30. The number of hydrogen-bond donors (Lipinski definition) is 0. The van der Waals surface area contributed by atoms with E-state index in [1.54, 1.807) is 7.11 Å². The molecule has 2 saturated heterocycles. The van der Waals surface area contributed by atoms with Crippen LogP contribution in [-0.4, -0.2) is 79.7 Å². The zero-order chi connectivity index (χ0) is 18.6. The van der Waals surface area contributed by atoms with E-state index in [-0.39, 0.29) is 0 Å². The number of nitrogens with zero attached hydrogens (tertiary/aromatic N) is 4.